The number of hydrogen-bond donors (Lipinski definition) is 0. The van der Waals surface area contributed by atoms with Crippen molar-refractivity contribution >= 4 is 10.9 Å². The van der Waals surface area contributed by atoms with Crippen LogP contribution in [-0.2, 0) is 0 Å². The molecule has 3 heteroatoms. The monoisotopic (exact) mass is 215 g/mol. The van der Waals surface area contributed by atoms with Gasteiger partial charge in [-0.25, -0.2) is 0 Å². The maximum Gasteiger partial charge on any atom is 0.0925 e. The van der Waals surface area contributed by atoms with Crippen molar-refractivity contribution in [3.63, 3.8) is 0 Å². The van der Waals surface area contributed by atoms with Gasteiger partial charge in [-0.05, 0) is 23.5 Å². The fraction of sp³-hybridized carbons (Fsp3) is 0.462. The van der Waals surface area contributed by atoms with Crippen LogP contribution < -0.4 is 0 Å². The van der Waals surface area contributed by atoms with Crippen molar-refractivity contribution in [1.82, 2.24) is 15.2 Å². The molecule has 0 saturated carbocycles. The van der Waals surface area contributed by atoms with Gasteiger partial charge in [-0.2, -0.15) is 10.2 Å². The van der Waals surface area contributed by atoms with E-state index in [1.807, 2.05) is 6.20 Å². The average Bonchev–Trinajstić information content (AvgIpc) is 2.27. The van der Waals surface area contributed by atoms with Gasteiger partial charge in [0.1, 0.15) is 0 Å². The van der Waals surface area contributed by atoms with Crippen molar-refractivity contribution in [2.24, 2.45) is 0 Å². The van der Waals surface area contributed by atoms with Crippen molar-refractivity contribution in [2.45, 2.75) is 39.5 Å². The summed E-state index contributed by atoms with van der Waals surface area (Å²) < 4.78 is 0. The molecule has 0 aromatic carbocycles. The molecule has 2 rings (SSSR count). The zero-order valence-electron chi connectivity index (χ0n) is 10.2. The topological polar surface area (TPSA) is 38.7 Å². The van der Waals surface area contributed by atoms with Crippen molar-refractivity contribution in [3.05, 3.63) is 29.7 Å². The molecule has 0 saturated heterocycles. The van der Waals surface area contributed by atoms with Crippen LogP contribution in [0.15, 0.2) is 18.5 Å². The Balaban J connectivity index is 2.74. The highest BCUT2D eigenvalue weighted by Gasteiger charge is 2.11. The summed E-state index contributed by atoms with van der Waals surface area (Å²) in [6, 6.07) is 2.19. The van der Waals surface area contributed by atoms with Gasteiger partial charge in [0, 0.05) is 11.1 Å². The highest BCUT2D eigenvalue weighted by atomic mass is 15.1. The number of fused-ring (bicyclic) bond motifs is 1. The first-order chi connectivity index (χ1) is 7.59. The van der Waals surface area contributed by atoms with Gasteiger partial charge in [0.15, 0.2) is 0 Å². The second kappa shape index (κ2) is 4.16. The van der Waals surface area contributed by atoms with E-state index in [0.717, 1.165) is 16.6 Å². The predicted octanol–water partition coefficient (Wildman–Crippen LogP) is 3.27. The van der Waals surface area contributed by atoms with Gasteiger partial charge in [-0.15, -0.1) is 0 Å². The molecule has 0 atom stereocenters. The second-order valence-corrected chi connectivity index (χ2v) is 4.73. The number of hydrogen-bond acceptors (Lipinski definition) is 3. The first-order valence-electron chi connectivity index (χ1n) is 5.71. The molecule has 3 nitrogen and oxygen atoms in total. The number of nitrogens with zero attached hydrogens (tertiary/aromatic N) is 3. The third-order valence-corrected chi connectivity index (χ3v) is 2.79. The van der Waals surface area contributed by atoms with Crippen LogP contribution in [0.1, 0.15) is 50.8 Å². The van der Waals surface area contributed by atoms with Crippen LogP contribution in [0.3, 0.4) is 0 Å². The minimum absolute atomic E-state index is 0.440. The van der Waals surface area contributed by atoms with Gasteiger partial charge in [0.2, 0.25) is 0 Å². The second-order valence-electron chi connectivity index (χ2n) is 4.73. The molecule has 0 spiro atoms. The van der Waals surface area contributed by atoms with E-state index < -0.39 is 0 Å². The fourth-order valence-electron chi connectivity index (χ4n) is 1.81. The molecule has 0 radical (unpaired) electrons. The van der Waals surface area contributed by atoms with Crippen LogP contribution in [0, 0.1) is 0 Å². The zero-order valence-corrected chi connectivity index (χ0v) is 10.2. The molecule has 0 amide bonds. The van der Waals surface area contributed by atoms with Crippen LogP contribution in [0.5, 0.6) is 0 Å². The number of aromatic nitrogens is 3. The molecule has 2 aromatic rings. The Kier molecular flexibility index (Phi) is 2.86. The lowest BCUT2D eigenvalue weighted by Crippen LogP contribution is -2.00. The lowest BCUT2D eigenvalue weighted by Gasteiger charge is -2.13. The van der Waals surface area contributed by atoms with Crippen LogP contribution in [0.2, 0.25) is 0 Å². The molecular weight excluding hydrogens is 198 g/mol. The molecule has 0 aliphatic rings. The lowest BCUT2D eigenvalue weighted by molar-refractivity contribution is 0.809. The average molecular weight is 215 g/mol. The van der Waals surface area contributed by atoms with Gasteiger partial charge >= 0.3 is 0 Å². The third-order valence-electron chi connectivity index (χ3n) is 2.79. The van der Waals surface area contributed by atoms with Gasteiger partial charge in [0.25, 0.3) is 0 Å². The SMILES string of the molecule is CC(C)c1cc(C(C)C)c2cnncc2n1. The maximum atomic E-state index is 4.62. The summed E-state index contributed by atoms with van der Waals surface area (Å²) in [5.41, 5.74) is 3.39. The molecule has 0 fully saturated rings. The highest BCUT2D eigenvalue weighted by molar-refractivity contribution is 5.81. The summed E-state index contributed by atoms with van der Waals surface area (Å²) in [4.78, 5) is 4.62. The Morgan fingerprint density at radius 2 is 1.62 bits per heavy atom. The zero-order chi connectivity index (χ0) is 11.7. The minimum Gasteiger partial charge on any atom is -0.251 e. The molecule has 0 bridgehead atoms. The van der Waals surface area contributed by atoms with E-state index in [-0.39, 0.29) is 0 Å². The normalized spacial score (nSPS) is 11.6. The molecule has 16 heavy (non-hydrogen) atoms. The van der Waals surface area contributed by atoms with E-state index in [0.29, 0.717) is 11.8 Å². The van der Waals surface area contributed by atoms with Gasteiger partial charge < -0.3 is 0 Å². The number of pyridine rings is 1. The van der Waals surface area contributed by atoms with Crippen molar-refractivity contribution in [1.29, 1.82) is 0 Å². The van der Waals surface area contributed by atoms with Crippen LogP contribution in [0.25, 0.3) is 10.9 Å². The largest absolute Gasteiger partial charge is 0.251 e. The summed E-state index contributed by atoms with van der Waals surface area (Å²) in [5, 5.41) is 8.96. The molecule has 2 heterocycles. The first-order valence-corrected chi connectivity index (χ1v) is 5.71. The van der Waals surface area contributed by atoms with Gasteiger partial charge in [-0.3, -0.25) is 4.98 Å². The summed E-state index contributed by atoms with van der Waals surface area (Å²) in [6.45, 7) is 8.71. The Labute approximate surface area is 95.9 Å². The lowest BCUT2D eigenvalue weighted by atomic mass is 9.97. The van der Waals surface area contributed by atoms with E-state index >= 15 is 0 Å². The Hall–Kier alpha value is -1.51. The number of rotatable bonds is 2. The van der Waals surface area contributed by atoms with Crippen LogP contribution in [0.4, 0.5) is 0 Å². The predicted molar refractivity (Wildman–Crippen MR) is 65.5 cm³/mol. The molecular formula is C13H17N3. The molecule has 0 unspecified atom stereocenters. The van der Waals surface area contributed by atoms with E-state index in [1.54, 1.807) is 6.20 Å². The standard InChI is InChI=1S/C13H17N3/c1-8(2)10-5-12(9(3)4)16-13-7-15-14-6-11(10)13/h5-9H,1-4H3. The van der Waals surface area contributed by atoms with Gasteiger partial charge in [0.05, 0.1) is 17.9 Å². The Morgan fingerprint density at radius 1 is 0.938 bits per heavy atom. The van der Waals surface area contributed by atoms with Crippen LogP contribution in [-0.4, -0.2) is 15.2 Å². The smallest absolute Gasteiger partial charge is 0.0925 e. The summed E-state index contributed by atoms with van der Waals surface area (Å²) >= 11 is 0. The maximum absolute atomic E-state index is 4.62. The quantitative estimate of drug-likeness (QED) is 0.771. The molecule has 84 valence electrons. The van der Waals surface area contributed by atoms with Crippen molar-refractivity contribution in [3.8, 4) is 0 Å². The van der Waals surface area contributed by atoms with E-state index in [1.165, 1.54) is 5.56 Å². The highest BCUT2D eigenvalue weighted by Crippen LogP contribution is 2.26. The molecule has 0 aliphatic carbocycles. The summed E-state index contributed by atoms with van der Waals surface area (Å²) in [7, 11) is 0. The van der Waals surface area contributed by atoms with Crippen LogP contribution >= 0.6 is 0 Å². The Bertz CT molecular complexity index is 504. The van der Waals surface area contributed by atoms with E-state index in [9.17, 15) is 0 Å². The molecule has 0 aliphatic heterocycles. The summed E-state index contributed by atoms with van der Waals surface area (Å²) in [6.07, 6.45) is 3.55. The summed E-state index contributed by atoms with van der Waals surface area (Å²) in [5.74, 6) is 0.919. The van der Waals surface area contributed by atoms with Crippen molar-refractivity contribution in [2.75, 3.05) is 0 Å². The van der Waals surface area contributed by atoms with Crippen molar-refractivity contribution < 1.29 is 0 Å². The van der Waals surface area contributed by atoms with E-state index in [2.05, 4.69) is 48.9 Å². The van der Waals surface area contributed by atoms with Gasteiger partial charge in [-0.1, -0.05) is 27.7 Å². The fourth-order valence-corrected chi connectivity index (χ4v) is 1.81. The van der Waals surface area contributed by atoms with E-state index in [4.69, 9.17) is 0 Å². The molecule has 0 N–H and O–H groups in total. The molecule has 2 aromatic heterocycles. The minimum atomic E-state index is 0.440. The first kappa shape index (κ1) is 11.0. The third kappa shape index (κ3) is 1.90. The Morgan fingerprint density at radius 3 is 2.25 bits per heavy atom.